The van der Waals surface area contributed by atoms with Crippen LogP contribution in [-0.4, -0.2) is 26.9 Å². The van der Waals surface area contributed by atoms with E-state index >= 15 is 0 Å². The van der Waals surface area contributed by atoms with Crippen LogP contribution in [-0.2, 0) is 27.8 Å². The van der Waals surface area contributed by atoms with Gasteiger partial charge in [-0.3, -0.25) is 4.79 Å². The van der Waals surface area contributed by atoms with E-state index in [0.29, 0.717) is 6.54 Å². The van der Waals surface area contributed by atoms with Crippen molar-refractivity contribution in [3.8, 4) is 0 Å². The topological polar surface area (TPSA) is 92.5 Å². The molecule has 3 N–H and O–H groups in total. The number of hydrogen-bond donors (Lipinski definition) is 2. The van der Waals surface area contributed by atoms with Crippen LogP contribution in [0.5, 0.6) is 0 Å². The van der Waals surface area contributed by atoms with Gasteiger partial charge in [0, 0.05) is 18.8 Å². The van der Waals surface area contributed by atoms with Crippen LogP contribution >= 0.6 is 0 Å². The van der Waals surface area contributed by atoms with Crippen molar-refractivity contribution in [3.05, 3.63) is 59.7 Å². The third-order valence-electron chi connectivity index (χ3n) is 4.61. The molecule has 1 aliphatic rings. The molecule has 0 aliphatic carbocycles. The van der Waals surface area contributed by atoms with Crippen LogP contribution < -0.4 is 15.4 Å². The monoisotopic (exact) mass is 373 g/mol. The second-order valence-corrected chi connectivity index (χ2v) is 8.08. The quantitative estimate of drug-likeness (QED) is 0.836. The number of sulfonamides is 1. The maximum Gasteiger partial charge on any atom is 0.243 e. The van der Waals surface area contributed by atoms with Gasteiger partial charge in [-0.25, -0.2) is 13.6 Å². The van der Waals surface area contributed by atoms with Crippen molar-refractivity contribution in [2.24, 2.45) is 5.14 Å². The van der Waals surface area contributed by atoms with E-state index in [1.165, 1.54) is 17.7 Å². The highest BCUT2D eigenvalue weighted by Crippen LogP contribution is 2.27. The number of nitrogens with two attached hydrogens (primary N) is 1. The van der Waals surface area contributed by atoms with Crippen LogP contribution in [0.3, 0.4) is 0 Å². The lowest BCUT2D eigenvalue weighted by molar-refractivity contribution is -0.120. The van der Waals surface area contributed by atoms with Crippen molar-refractivity contribution < 1.29 is 13.2 Å². The van der Waals surface area contributed by atoms with Gasteiger partial charge in [0.15, 0.2) is 0 Å². The Balaban J connectivity index is 1.64. The minimum atomic E-state index is -3.69. The molecule has 0 saturated heterocycles. The van der Waals surface area contributed by atoms with Crippen LogP contribution in [0, 0.1) is 0 Å². The summed E-state index contributed by atoms with van der Waals surface area (Å²) in [5.74, 6) is 0.0401. The number of fused-ring (bicyclic) bond motifs is 1. The van der Waals surface area contributed by atoms with Gasteiger partial charge in [-0.1, -0.05) is 30.3 Å². The smallest absolute Gasteiger partial charge is 0.243 e. The van der Waals surface area contributed by atoms with Crippen molar-refractivity contribution >= 4 is 21.6 Å². The number of primary sulfonamides is 1. The number of rotatable bonds is 5. The lowest BCUT2D eigenvalue weighted by Gasteiger charge is -2.31. The molecule has 2 aromatic rings. The Morgan fingerprint density at radius 3 is 2.58 bits per heavy atom. The highest BCUT2D eigenvalue weighted by molar-refractivity contribution is 7.89. The van der Waals surface area contributed by atoms with Gasteiger partial charge in [0.25, 0.3) is 0 Å². The largest absolute Gasteiger partial charge is 0.311 e. The predicted octanol–water partition coefficient (Wildman–Crippen LogP) is 1.79. The molecule has 26 heavy (non-hydrogen) atoms. The normalized spacial score (nSPS) is 15.4. The number of amides is 1. The molecule has 0 spiro atoms. The second kappa shape index (κ2) is 7.57. The Hall–Kier alpha value is -2.22. The molecule has 1 amide bonds. The van der Waals surface area contributed by atoms with Gasteiger partial charge in [-0.05, 0) is 49.1 Å². The highest BCUT2D eigenvalue weighted by Gasteiger charge is 2.25. The molecule has 6 nitrogen and oxygen atoms in total. The molecule has 1 heterocycles. The molecule has 138 valence electrons. The van der Waals surface area contributed by atoms with E-state index in [-0.39, 0.29) is 16.8 Å². The maximum absolute atomic E-state index is 12.8. The molecule has 3 rings (SSSR count). The number of hydrogen-bond acceptors (Lipinski definition) is 4. The van der Waals surface area contributed by atoms with Crippen LogP contribution in [0.4, 0.5) is 5.69 Å². The van der Waals surface area contributed by atoms with E-state index in [2.05, 4.69) is 11.4 Å². The Morgan fingerprint density at radius 2 is 1.88 bits per heavy atom. The van der Waals surface area contributed by atoms with E-state index in [1.807, 2.05) is 30.0 Å². The lowest BCUT2D eigenvalue weighted by Crippen LogP contribution is -2.46. The first kappa shape index (κ1) is 18.6. The van der Waals surface area contributed by atoms with Crippen molar-refractivity contribution in [1.82, 2.24) is 5.32 Å². The summed E-state index contributed by atoms with van der Waals surface area (Å²) in [7, 11) is -3.69. The first-order chi connectivity index (χ1) is 12.4. The van der Waals surface area contributed by atoms with Crippen molar-refractivity contribution in [2.45, 2.75) is 37.2 Å². The van der Waals surface area contributed by atoms with E-state index in [0.717, 1.165) is 30.6 Å². The van der Waals surface area contributed by atoms with E-state index in [1.54, 1.807) is 12.1 Å². The van der Waals surface area contributed by atoms with E-state index in [9.17, 15) is 13.2 Å². The van der Waals surface area contributed by atoms with E-state index in [4.69, 9.17) is 5.14 Å². The predicted molar refractivity (Wildman–Crippen MR) is 101 cm³/mol. The number of nitrogens with one attached hydrogen (secondary N) is 1. The van der Waals surface area contributed by atoms with Gasteiger partial charge in [-0.15, -0.1) is 0 Å². The molecular weight excluding hydrogens is 350 g/mol. The standard InChI is InChI=1S/C19H23N3O3S/c1-14(21-13-15-8-10-17(11-9-15)26(20,24)25)19(23)22-12-4-6-16-5-2-3-7-18(16)22/h2-3,5,7-11,14,21H,4,6,12-13H2,1H3,(H2,20,24,25)/t14-/m1/s1. The Morgan fingerprint density at radius 1 is 1.19 bits per heavy atom. The van der Waals surface area contributed by atoms with Gasteiger partial charge < -0.3 is 10.2 Å². The van der Waals surface area contributed by atoms with Gasteiger partial charge in [0.05, 0.1) is 10.9 Å². The van der Waals surface area contributed by atoms with E-state index < -0.39 is 10.0 Å². The SMILES string of the molecule is C[C@@H](NCc1ccc(S(N)(=O)=O)cc1)C(=O)N1CCCc2ccccc21. The zero-order valence-corrected chi connectivity index (χ0v) is 15.5. The van der Waals surface area contributed by atoms with Crippen molar-refractivity contribution in [1.29, 1.82) is 0 Å². The number of para-hydroxylation sites is 1. The fraction of sp³-hybridized carbons (Fsp3) is 0.316. The number of nitrogens with zero attached hydrogens (tertiary/aromatic N) is 1. The Labute approximate surface area is 154 Å². The molecule has 7 heteroatoms. The molecule has 1 atom stereocenters. The third kappa shape index (κ3) is 4.12. The first-order valence-electron chi connectivity index (χ1n) is 8.60. The summed E-state index contributed by atoms with van der Waals surface area (Å²) in [4.78, 5) is 14.8. The summed E-state index contributed by atoms with van der Waals surface area (Å²) in [6, 6.07) is 14.0. The zero-order valence-electron chi connectivity index (χ0n) is 14.7. The summed E-state index contributed by atoms with van der Waals surface area (Å²) in [5, 5.41) is 8.31. The number of aryl methyl sites for hydroxylation is 1. The summed E-state index contributed by atoms with van der Waals surface area (Å²) >= 11 is 0. The second-order valence-electron chi connectivity index (χ2n) is 6.51. The number of anilines is 1. The number of carbonyl (C=O) groups excluding carboxylic acids is 1. The minimum Gasteiger partial charge on any atom is -0.311 e. The van der Waals surface area contributed by atoms with Gasteiger partial charge >= 0.3 is 0 Å². The summed E-state index contributed by atoms with van der Waals surface area (Å²) in [6.45, 7) is 3.04. The minimum absolute atomic E-state index is 0.0401. The van der Waals surface area contributed by atoms with Crippen LogP contribution in [0.2, 0.25) is 0 Å². The van der Waals surface area contributed by atoms with Crippen molar-refractivity contribution in [3.63, 3.8) is 0 Å². The Bertz CT molecular complexity index is 895. The maximum atomic E-state index is 12.8. The molecule has 1 aliphatic heterocycles. The molecular formula is C19H23N3O3S. The zero-order chi connectivity index (χ0) is 18.7. The molecule has 2 aromatic carbocycles. The van der Waals surface area contributed by atoms with Gasteiger partial charge in [-0.2, -0.15) is 0 Å². The van der Waals surface area contributed by atoms with Gasteiger partial charge in [0.2, 0.25) is 15.9 Å². The fourth-order valence-corrected chi connectivity index (χ4v) is 3.67. The number of carbonyl (C=O) groups is 1. The summed E-state index contributed by atoms with van der Waals surface area (Å²) < 4.78 is 22.6. The molecule has 0 saturated carbocycles. The molecule has 0 unspecified atom stereocenters. The lowest BCUT2D eigenvalue weighted by atomic mass is 10.0. The fourth-order valence-electron chi connectivity index (χ4n) is 3.15. The molecule has 0 radical (unpaired) electrons. The van der Waals surface area contributed by atoms with Crippen LogP contribution in [0.25, 0.3) is 0 Å². The van der Waals surface area contributed by atoms with Crippen LogP contribution in [0.15, 0.2) is 53.4 Å². The first-order valence-corrected chi connectivity index (χ1v) is 10.2. The van der Waals surface area contributed by atoms with Crippen LogP contribution in [0.1, 0.15) is 24.5 Å². The summed E-state index contributed by atoms with van der Waals surface area (Å²) in [6.07, 6.45) is 1.96. The molecule has 0 aromatic heterocycles. The molecule has 0 fully saturated rings. The average molecular weight is 373 g/mol. The van der Waals surface area contributed by atoms with Crippen molar-refractivity contribution in [2.75, 3.05) is 11.4 Å². The summed E-state index contributed by atoms with van der Waals surface area (Å²) in [5.41, 5.74) is 3.09. The number of benzene rings is 2. The molecule has 0 bridgehead atoms. The highest BCUT2D eigenvalue weighted by atomic mass is 32.2. The Kier molecular flexibility index (Phi) is 5.41. The third-order valence-corrected chi connectivity index (χ3v) is 5.54. The average Bonchev–Trinajstić information content (AvgIpc) is 2.64. The van der Waals surface area contributed by atoms with Gasteiger partial charge in [0.1, 0.15) is 0 Å².